The van der Waals surface area contributed by atoms with Crippen LogP contribution in [0.2, 0.25) is 5.02 Å². The number of amides is 2. The smallest absolute Gasteiger partial charge is 0.249 e. The van der Waals surface area contributed by atoms with Crippen LogP contribution in [-0.4, -0.2) is 36.0 Å². The number of halogens is 1. The molecule has 3 rings (SSSR count). The average Bonchev–Trinajstić information content (AvgIpc) is 3.07. The molecule has 1 aromatic carbocycles. The highest BCUT2D eigenvalue weighted by molar-refractivity contribution is 7.09. The van der Waals surface area contributed by atoms with Gasteiger partial charge in [-0.3, -0.25) is 9.59 Å². The van der Waals surface area contributed by atoms with Crippen LogP contribution >= 0.6 is 22.9 Å². The Hall–Kier alpha value is -1.89. The number of benzene rings is 1. The Morgan fingerprint density at radius 2 is 2.25 bits per heavy atom. The number of ether oxygens (including phenoxy) is 1. The minimum Gasteiger partial charge on any atom is -0.369 e. The van der Waals surface area contributed by atoms with Gasteiger partial charge < -0.3 is 15.0 Å². The first-order chi connectivity index (χ1) is 11.6. The lowest BCUT2D eigenvalue weighted by atomic mass is 10.1. The quantitative estimate of drug-likeness (QED) is 0.907. The normalized spacial score (nSPS) is 17.8. The molecule has 1 N–H and O–H groups in total. The van der Waals surface area contributed by atoms with E-state index in [9.17, 15) is 9.59 Å². The zero-order chi connectivity index (χ0) is 17.1. The zero-order valence-corrected chi connectivity index (χ0v) is 14.7. The highest BCUT2D eigenvalue weighted by Crippen LogP contribution is 2.24. The first-order valence-electron chi connectivity index (χ1n) is 7.52. The van der Waals surface area contributed by atoms with Crippen LogP contribution in [0, 0.1) is 6.92 Å². The van der Waals surface area contributed by atoms with Crippen LogP contribution in [0.5, 0.6) is 0 Å². The second kappa shape index (κ2) is 7.34. The molecule has 0 radical (unpaired) electrons. The van der Waals surface area contributed by atoms with Gasteiger partial charge in [-0.2, -0.15) is 0 Å². The van der Waals surface area contributed by atoms with Gasteiger partial charge >= 0.3 is 0 Å². The number of thiophene rings is 1. The Kier molecular flexibility index (Phi) is 5.18. The highest BCUT2D eigenvalue weighted by atomic mass is 35.5. The van der Waals surface area contributed by atoms with Gasteiger partial charge in [0.1, 0.15) is 12.6 Å². The predicted molar refractivity (Wildman–Crippen MR) is 94.3 cm³/mol. The van der Waals surface area contributed by atoms with Crippen molar-refractivity contribution in [3.05, 3.63) is 51.2 Å². The van der Waals surface area contributed by atoms with Gasteiger partial charge in [-0.05, 0) is 36.1 Å². The van der Waals surface area contributed by atoms with Gasteiger partial charge in [0.15, 0.2) is 0 Å². The van der Waals surface area contributed by atoms with E-state index in [0.29, 0.717) is 17.3 Å². The second-order valence-electron chi connectivity index (χ2n) is 5.53. The lowest BCUT2D eigenvalue weighted by Gasteiger charge is -2.34. The van der Waals surface area contributed by atoms with E-state index in [1.807, 2.05) is 24.4 Å². The minimum atomic E-state index is -0.660. The Labute approximate surface area is 149 Å². The molecule has 24 heavy (non-hydrogen) atoms. The van der Waals surface area contributed by atoms with Gasteiger partial charge in [-0.15, -0.1) is 11.3 Å². The predicted octanol–water partition coefficient (Wildman–Crippen LogP) is 3.08. The SMILES string of the molecule is Cc1c(Cl)cccc1NC(=O)[C@@H]1COCC(=O)N1Cc1cccs1. The molecule has 5 nitrogen and oxygen atoms in total. The topological polar surface area (TPSA) is 58.6 Å². The van der Waals surface area contributed by atoms with Crippen LogP contribution < -0.4 is 5.32 Å². The summed E-state index contributed by atoms with van der Waals surface area (Å²) >= 11 is 7.65. The number of rotatable bonds is 4. The number of carbonyl (C=O) groups is 2. The Bertz CT molecular complexity index is 748. The molecule has 2 amide bonds. The molecule has 2 aromatic rings. The van der Waals surface area contributed by atoms with Crippen LogP contribution in [0.1, 0.15) is 10.4 Å². The molecule has 2 heterocycles. The molecule has 1 saturated heterocycles. The van der Waals surface area contributed by atoms with Crippen molar-refractivity contribution in [1.82, 2.24) is 4.90 Å². The van der Waals surface area contributed by atoms with Gasteiger partial charge in [-0.25, -0.2) is 0 Å². The first kappa shape index (κ1) is 17.0. The maximum absolute atomic E-state index is 12.7. The van der Waals surface area contributed by atoms with Gasteiger partial charge in [0.2, 0.25) is 11.8 Å². The highest BCUT2D eigenvalue weighted by Gasteiger charge is 2.34. The van der Waals surface area contributed by atoms with Crippen molar-refractivity contribution in [2.24, 2.45) is 0 Å². The van der Waals surface area contributed by atoms with E-state index >= 15 is 0 Å². The van der Waals surface area contributed by atoms with Crippen LogP contribution in [0.25, 0.3) is 0 Å². The van der Waals surface area contributed by atoms with Crippen molar-refractivity contribution in [1.29, 1.82) is 0 Å². The molecule has 1 fully saturated rings. The molecule has 0 saturated carbocycles. The number of morpholine rings is 1. The molecule has 1 atom stereocenters. The van der Waals surface area contributed by atoms with Gasteiger partial charge in [0, 0.05) is 15.6 Å². The van der Waals surface area contributed by atoms with E-state index in [4.69, 9.17) is 16.3 Å². The fourth-order valence-corrected chi connectivity index (χ4v) is 3.43. The van der Waals surface area contributed by atoms with Gasteiger partial charge in [0.25, 0.3) is 0 Å². The molecule has 1 aliphatic heterocycles. The van der Waals surface area contributed by atoms with E-state index in [1.54, 1.807) is 34.4 Å². The summed E-state index contributed by atoms with van der Waals surface area (Å²) in [6, 6.07) is 8.54. The monoisotopic (exact) mass is 364 g/mol. The lowest BCUT2D eigenvalue weighted by Crippen LogP contribution is -2.54. The number of nitrogens with one attached hydrogen (secondary N) is 1. The molecular formula is C17H17ClN2O3S. The molecule has 1 aromatic heterocycles. The Balaban J connectivity index is 1.78. The van der Waals surface area contributed by atoms with Gasteiger partial charge in [0.05, 0.1) is 13.2 Å². The van der Waals surface area contributed by atoms with Crippen molar-refractivity contribution >= 4 is 40.4 Å². The maximum Gasteiger partial charge on any atom is 0.249 e. The van der Waals surface area contributed by atoms with Crippen LogP contribution in [0.4, 0.5) is 5.69 Å². The standard InChI is InChI=1S/C17H17ClN2O3S/c1-11-13(18)5-2-6-14(11)19-17(22)15-9-23-10-16(21)20(15)8-12-4-3-7-24-12/h2-7,15H,8-10H2,1H3,(H,19,22)/t15-/m0/s1. The van der Waals surface area contributed by atoms with Crippen molar-refractivity contribution in [3.8, 4) is 0 Å². The Morgan fingerprint density at radius 1 is 1.42 bits per heavy atom. The fraction of sp³-hybridized carbons (Fsp3) is 0.294. The first-order valence-corrected chi connectivity index (χ1v) is 8.77. The number of hydrogen-bond acceptors (Lipinski definition) is 4. The van der Waals surface area contributed by atoms with Crippen LogP contribution in [-0.2, 0) is 20.9 Å². The van der Waals surface area contributed by atoms with E-state index in [1.165, 1.54) is 0 Å². The molecule has 7 heteroatoms. The van der Waals surface area contributed by atoms with Crippen molar-refractivity contribution in [2.75, 3.05) is 18.5 Å². The summed E-state index contributed by atoms with van der Waals surface area (Å²) in [7, 11) is 0. The summed E-state index contributed by atoms with van der Waals surface area (Å²) in [6.45, 7) is 2.43. The minimum absolute atomic E-state index is 0.00531. The third kappa shape index (κ3) is 3.61. The summed E-state index contributed by atoms with van der Waals surface area (Å²) in [6.07, 6.45) is 0. The number of carbonyl (C=O) groups excluding carboxylic acids is 2. The summed E-state index contributed by atoms with van der Waals surface area (Å²) in [5.41, 5.74) is 1.43. The summed E-state index contributed by atoms with van der Waals surface area (Å²) < 4.78 is 5.28. The Morgan fingerprint density at radius 3 is 3.00 bits per heavy atom. The maximum atomic E-state index is 12.7. The number of anilines is 1. The molecule has 126 valence electrons. The van der Waals surface area contributed by atoms with Crippen LogP contribution in [0.15, 0.2) is 35.7 Å². The summed E-state index contributed by atoms with van der Waals surface area (Å²) in [5.74, 6) is -0.456. The third-order valence-electron chi connectivity index (χ3n) is 3.93. The summed E-state index contributed by atoms with van der Waals surface area (Å²) in [4.78, 5) is 27.5. The molecule has 0 bridgehead atoms. The average molecular weight is 365 g/mol. The fourth-order valence-electron chi connectivity index (χ4n) is 2.55. The number of nitrogens with zero attached hydrogens (tertiary/aromatic N) is 1. The van der Waals surface area contributed by atoms with Crippen molar-refractivity contribution in [3.63, 3.8) is 0 Å². The van der Waals surface area contributed by atoms with Crippen molar-refractivity contribution in [2.45, 2.75) is 19.5 Å². The molecule has 0 aliphatic carbocycles. The van der Waals surface area contributed by atoms with E-state index in [2.05, 4.69) is 5.32 Å². The molecule has 0 spiro atoms. The third-order valence-corrected chi connectivity index (χ3v) is 5.20. The molecule has 1 aliphatic rings. The zero-order valence-electron chi connectivity index (χ0n) is 13.1. The molecular weight excluding hydrogens is 348 g/mol. The largest absolute Gasteiger partial charge is 0.369 e. The van der Waals surface area contributed by atoms with E-state index in [0.717, 1.165) is 10.4 Å². The molecule has 0 unspecified atom stereocenters. The number of hydrogen-bond donors (Lipinski definition) is 1. The van der Waals surface area contributed by atoms with Gasteiger partial charge in [-0.1, -0.05) is 23.7 Å². The van der Waals surface area contributed by atoms with E-state index in [-0.39, 0.29) is 25.0 Å². The second-order valence-corrected chi connectivity index (χ2v) is 6.97. The van der Waals surface area contributed by atoms with E-state index < -0.39 is 6.04 Å². The van der Waals surface area contributed by atoms with Crippen molar-refractivity contribution < 1.29 is 14.3 Å². The lowest BCUT2D eigenvalue weighted by molar-refractivity contribution is -0.153. The van der Waals surface area contributed by atoms with Crippen LogP contribution in [0.3, 0.4) is 0 Å². The summed E-state index contributed by atoms with van der Waals surface area (Å²) in [5, 5.41) is 5.39.